The van der Waals surface area contributed by atoms with Crippen LogP contribution in [0.2, 0.25) is 0 Å². The number of amides is 1. The van der Waals surface area contributed by atoms with Crippen LogP contribution >= 0.6 is 27.3 Å². The van der Waals surface area contributed by atoms with Gasteiger partial charge in [-0.2, -0.15) is 0 Å². The first-order valence-corrected chi connectivity index (χ1v) is 8.89. The van der Waals surface area contributed by atoms with Crippen molar-refractivity contribution in [3.8, 4) is 0 Å². The van der Waals surface area contributed by atoms with Gasteiger partial charge in [-0.05, 0) is 41.8 Å². The Balaban J connectivity index is 1.71. The molecular formula is C14H21BrN4OS. The van der Waals surface area contributed by atoms with Gasteiger partial charge in [-0.1, -0.05) is 0 Å². The average molecular weight is 373 g/mol. The van der Waals surface area contributed by atoms with E-state index in [2.05, 4.69) is 48.3 Å². The second-order valence-corrected chi connectivity index (χ2v) is 6.83. The number of nitrogens with one attached hydrogen (secondary N) is 3. The van der Waals surface area contributed by atoms with E-state index in [-0.39, 0.29) is 11.8 Å². The first kappa shape index (κ1) is 16.3. The molecular weight excluding hydrogens is 352 g/mol. The fourth-order valence-electron chi connectivity index (χ4n) is 1.79. The van der Waals surface area contributed by atoms with Crippen molar-refractivity contribution >= 4 is 39.1 Å². The molecule has 1 aromatic rings. The summed E-state index contributed by atoms with van der Waals surface area (Å²) in [5, 5.41) is 11.4. The van der Waals surface area contributed by atoms with Crippen LogP contribution < -0.4 is 16.0 Å². The van der Waals surface area contributed by atoms with E-state index in [0.29, 0.717) is 19.6 Å². The van der Waals surface area contributed by atoms with E-state index in [1.807, 2.05) is 6.92 Å². The van der Waals surface area contributed by atoms with E-state index >= 15 is 0 Å². The van der Waals surface area contributed by atoms with Crippen LogP contribution in [0.15, 0.2) is 20.9 Å². The number of hydrogen-bond acceptors (Lipinski definition) is 3. The molecule has 0 bridgehead atoms. The summed E-state index contributed by atoms with van der Waals surface area (Å²) >= 11 is 5.13. The molecule has 0 aromatic carbocycles. The zero-order valence-electron chi connectivity index (χ0n) is 12.1. The van der Waals surface area contributed by atoms with Crippen LogP contribution in [0.25, 0.3) is 0 Å². The summed E-state index contributed by atoms with van der Waals surface area (Å²) in [5.41, 5.74) is 0. The Morgan fingerprint density at radius 2 is 2.14 bits per heavy atom. The molecule has 116 valence electrons. The molecule has 21 heavy (non-hydrogen) atoms. The van der Waals surface area contributed by atoms with Crippen molar-refractivity contribution in [2.24, 2.45) is 10.9 Å². The van der Waals surface area contributed by atoms with Gasteiger partial charge in [-0.3, -0.25) is 4.79 Å². The Kier molecular flexibility index (Phi) is 6.50. The van der Waals surface area contributed by atoms with E-state index < -0.39 is 0 Å². The summed E-state index contributed by atoms with van der Waals surface area (Å²) in [6.45, 7) is 4.81. The molecule has 1 saturated carbocycles. The standard InChI is InChI=1S/C14H21BrN4OS/c1-2-16-14(19-8-12-7-11(15)9-21-12)18-6-5-17-13(20)10-3-4-10/h7,9-10H,2-6,8H2,1H3,(H,17,20)(H2,16,18,19). The number of carbonyl (C=O) groups excluding carboxylic acids is 1. The minimum absolute atomic E-state index is 0.183. The molecule has 0 saturated heterocycles. The number of aliphatic imine (C=N–C) groups is 1. The predicted octanol–water partition coefficient (Wildman–Crippen LogP) is 2.09. The fraction of sp³-hybridized carbons (Fsp3) is 0.571. The number of guanidine groups is 1. The normalized spacial score (nSPS) is 14.9. The number of halogens is 1. The molecule has 2 rings (SSSR count). The third kappa shape index (κ3) is 6.05. The molecule has 0 unspecified atom stereocenters. The van der Waals surface area contributed by atoms with Crippen molar-refractivity contribution in [3.05, 3.63) is 20.8 Å². The van der Waals surface area contributed by atoms with Crippen molar-refractivity contribution in [2.45, 2.75) is 26.3 Å². The summed E-state index contributed by atoms with van der Waals surface area (Å²) < 4.78 is 1.10. The SMILES string of the molecule is CCNC(=NCc1cc(Br)cs1)NCCNC(=O)C1CC1. The van der Waals surface area contributed by atoms with E-state index in [0.717, 1.165) is 29.8 Å². The minimum atomic E-state index is 0.183. The van der Waals surface area contributed by atoms with Crippen molar-refractivity contribution in [1.29, 1.82) is 0 Å². The van der Waals surface area contributed by atoms with Gasteiger partial charge >= 0.3 is 0 Å². The van der Waals surface area contributed by atoms with E-state index in [9.17, 15) is 4.79 Å². The lowest BCUT2D eigenvalue weighted by Gasteiger charge is -2.11. The van der Waals surface area contributed by atoms with Gasteiger partial charge < -0.3 is 16.0 Å². The van der Waals surface area contributed by atoms with Crippen molar-refractivity contribution in [2.75, 3.05) is 19.6 Å². The highest BCUT2D eigenvalue weighted by Gasteiger charge is 2.28. The third-order valence-electron chi connectivity index (χ3n) is 3.02. The van der Waals surface area contributed by atoms with Crippen molar-refractivity contribution in [3.63, 3.8) is 0 Å². The quantitative estimate of drug-likeness (QED) is 0.390. The van der Waals surface area contributed by atoms with Gasteiger partial charge in [0.05, 0.1) is 6.54 Å². The monoisotopic (exact) mass is 372 g/mol. The number of nitrogens with zero attached hydrogens (tertiary/aromatic N) is 1. The van der Waals surface area contributed by atoms with Crippen LogP contribution in [0, 0.1) is 5.92 Å². The molecule has 1 aliphatic carbocycles. The van der Waals surface area contributed by atoms with Gasteiger partial charge in [0, 0.05) is 40.3 Å². The topological polar surface area (TPSA) is 65.5 Å². The Morgan fingerprint density at radius 1 is 1.38 bits per heavy atom. The molecule has 0 radical (unpaired) electrons. The van der Waals surface area contributed by atoms with Crippen LogP contribution in [-0.4, -0.2) is 31.5 Å². The second-order valence-electron chi connectivity index (χ2n) is 4.92. The molecule has 1 amide bonds. The Morgan fingerprint density at radius 3 is 2.76 bits per heavy atom. The average Bonchev–Trinajstić information content (AvgIpc) is 3.24. The van der Waals surface area contributed by atoms with Gasteiger partial charge in [0.25, 0.3) is 0 Å². The molecule has 0 spiro atoms. The van der Waals surface area contributed by atoms with Gasteiger partial charge in [0.15, 0.2) is 5.96 Å². The number of hydrogen-bond donors (Lipinski definition) is 3. The molecule has 1 fully saturated rings. The van der Waals surface area contributed by atoms with E-state index in [4.69, 9.17) is 0 Å². The Hall–Kier alpha value is -1.08. The maximum absolute atomic E-state index is 11.5. The van der Waals surface area contributed by atoms with Crippen molar-refractivity contribution in [1.82, 2.24) is 16.0 Å². The first-order chi connectivity index (χ1) is 10.2. The Bertz CT molecular complexity index is 499. The second kappa shape index (κ2) is 8.38. The van der Waals surface area contributed by atoms with Crippen LogP contribution in [0.3, 0.4) is 0 Å². The molecule has 1 aromatic heterocycles. The maximum Gasteiger partial charge on any atom is 0.223 e. The van der Waals surface area contributed by atoms with Gasteiger partial charge in [-0.15, -0.1) is 11.3 Å². The first-order valence-electron chi connectivity index (χ1n) is 7.22. The van der Waals surface area contributed by atoms with Gasteiger partial charge in [0.2, 0.25) is 5.91 Å². The maximum atomic E-state index is 11.5. The summed E-state index contributed by atoms with van der Waals surface area (Å²) in [5.74, 6) is 1.23. The fourth-order valence-corrected chi connectivity index (χ4v) is 3.17. The van der Waals surface area contributed by atoms with Crippen LogP contribution in [0.1, 0.15) is 24.6 Å². The summed E-state index contributed by atoms with van der Waals surface area (Å²) in [7, 11) is 0. The Labute approximate surface area is 137 Å². The highest BCUT2D eigenvalue weighted by Crippen LogP contribution is 2.28. The lowest BCUT2D eigenvalue weighted by atomic mass is 10.4. The summed E-state index contributed by atoms with van der Waals surface area (Å²) in [6.07, 6.45) is 2.08. The molecule has 0 atom stereocenters. The van der Waals surface area contributed by atoms with Gasteiger partial charge in [0.1, 0.15) is 0 Å². The number of thiophene rings is 1. The zero-order chi connectivity index (χ0) is 15.1. The highest BCUT2D eigenvalue weighted by atomic mass is 79.9. The van der Waals surface area contributed by atoms with Crippen LogP contribution in [0.4, 0.5) is 0 Å². The zero-order valence-corrected chi connectivity index (χ0v) is 14.5. The lowest BCUT2D eigenvalue weighted by molar-refractivity contribution is -0.122. The number of carbonyl (C=O) groups is 1. The van der Waals surface area contributed by atoms with Gasteiger partial charge in [-0.25, -0.2) is 4.99 Å². The van der Waals surface area contributed by atoms with E-state index in [1.165, 1.54) is 4.88 Å². The molecule has 1 heterocycles. The summed E-state index contributed by atoms with van der Waals surface area (Å²) in [4.78, 5) is 17.2. The van der Waals surface area contributed by atoms with E-state index in [1.54, 1.807) is 11.3 Å². The molecule has 5 nitrogen and oxygen atoms in total. The van der Waals surface area contributed by atoms with Crippen LogP contribution in [-0.2, 0) is 11.3 Å². The largest absolute Gasteiger partial charge is 0.357 e. The number of rotatable bonds is 7. The molecule has 7 heteroatoms. The van der Waals surface area contributed by atoms with Crippen LogP contribution in [0.5, 0.6) is 0 Å². The lowest BCUT2D eigenvalue weighted by Crippen LogP contribution is -2.41. The predicted molar refractivity (Wildman–Crippen MR) is 90.6 cm³/mol. The molecule has 0 aliphatic heterocycles. The van der Waals surface area contributed by atoms with Crippen molar-refractivity contribution < 1.29 is 4.79 Å². The highest BCUT2D eigenvalue weighted by molar-refractivity contribution is 9.10. The minimum Gasteiger partial charge on any atom is -0.357 e. The third-order valence-corrected chi connectivity index (χ3v) is 4.71. The molecule has 3 N–H and O–H groups in total. The summed E-state index contributed by atoms with van der Waals surface area (Å²) in [6, 6.07) is 2.08. The molecule has 1 aliphatic rings. The smallest absolute Gasteiger partial charge is 0.223 e.